The summed E-state index contributed by atoms with van der Waals surface area (Å²) >= 11 is 0. The molecule has 0 fully saturated rings. The Labute approximate surface area is 162 Å². The van der Waals surface area contributed by atoms with Crippen molar-refractivity contribution in [2.75, 3.05) is 26.1 Å². The first-order valence-corrected chi connectivity index (χ1v) is 8.56. The molecule has 0 aliphatic heterocycles. The average Bonchev–Trinajstić information content (AvgIpc) is 2.70. The van der Waals surface area contributed by atoms with E-state index >= 15 is 0 Å². The molecule has 1 N–H and O–H groups in total. The number of nitrogens with zero attached hydrogens (tertiary/aromatic N) is 1. The molecule has 0 atom stereocenters. The van der Waals surface area contributed by atoms with Crippen LogP contribution in [-0.2, 0) is 9.53 Å². The molecule has 3 rings (SSSR count). The number of esters is 1. The van der Waals surface area contributed by atoms with Gasteiger partial charge in [0.2, 0.25) is 0 Å². The first-order valence-electron chi connectivity index (χ1n) is 8.56. The van der Waals surface area contributed by atoms with E-state index in [2.05, 4.69) is 10.3 Å². The van der Waals surface area contributed by atoms with Crippen LogP contribution < -0.4 is 14.8 Å². The van der Waals surface area contributed by atoms with Gasteiger partial charge in [-0.2, -0.15) is 0 Å². The standard InChI is InChI=1S/C21H20N2O5/c1-13-8-18(17-6-4-5-7-19(17)22-13)21(25)28-12-20(24)23-14-9-15(26-2)11-16(10-14)27-3/h4-11H,12H2,1-3H3,(H,23,24). The van der Waals surface area contributed by atoms with E-state index in [9.17, 15) is 9.59 Å². The van der Waals surface area contributed by atoms with E-state index in [1.165, 1.54) is 14.2 Å². The number of aromatic nitrogens is 1. The van der Waals surface area contributed by atoms with Crippen LogP contribution in [0.1, 0.15) is 16.1 Å². The monoisotopic (exact) mass is 380 g/mol. The molecule has 1 amide bonds. The molecule has 0 radical (unpaired) electrons. The van der Waals surface area contributed by atoms with E-state index in [4.69, 9.17) is 14.2 Å². The van der Waals surface area contributed by atoms with Crippen LogP contribution in [0, 0.1) is 6.92 Å². The molecule has 7 heteroatoms. The van der Waals surface area contributed by atoms with Crippen molar-refractivity contribution >= 4 is 28.5 Å². The number of nitrogens with one attached hydrogen (secondary N) is 1. The molecule has 0 saturated carbocycles. The molecule has 28 heavy (non-hydrogen) atoms. The number of carbonyl (C=O) groups excluding carboxylic acids is 2. The summed E-state index contributed by atoms with van der Waals surface area (Å²) in [4.78, 5) is 29.1. The topological polar surface area (TPSA) is 86.8 Å². The summed E-state index contributed by atoms with van der Waals surface area (Å²) in [5.41, 5.74) is 2.24. The van der Waals surface area contributed by atoms with E-state index in [0.29, 0.717) is 39.3 Å². The molecule has 0 aliphatic rings. The number of benzene rings is 2. The number of methoxy groups -OCH3 is 2. The summed E-state index contributed by atoms with van der Waals surface area (Å²) in [6.07, 6.45) is 0. The van der Waals surface area contributed by atoms with Crippen molar-refractivity contribution in [3.05, 3.63) is 59.8 Å². The Morgan fingerprint density at radius 1 is 1.00 bits per heavy atom. The van der Waals surface area contributed by atoms with Crippen LogP contribution >= 0.6 is 0 Å². The highest BCUT2D eigenvalue weighted by atomic mass is 16.5. The lowest BCUT2D eigenvalue weighted by Gasteiger charge is -2.11. The van der Waals surface area contributed by atoms with Gasteiger partial charge in [0, 0.05) is 35.0 Å². The van der Waals surface area contributed by atoms with Crippen LogP contribution in [0.2, 0.25) is 0 Å². The van der Waals surface area contributed by atoms with E-state index in [-0.39, 0.29) is 0 Å². The van der Waals surface area contributed by atoms with Crippen molar-refractivity contribution in [3.8, 4) is 11.5 Å². The highest BCUT2D eigenvalue weighted by molar-refractivity contribution is 6.04. The minimum atomic E-state index is -0.583. The first-order chi connectivity index (χ1) is 13.5. The number of rotatable bonds is 6. The molecule has 2 aromatic carbocycles. The number of carbonyl (C=O) groups is 2. The maximum atomic E-state index is 12.5. The van der Waals surface area contributed by atoms with Gasteiger partial charge in [-0.15, -0.1) is 0 Å². The highest BCUT2D eigenvalue weighted by Crippen LogP contribution is 2.25. The fourth-order valence-corrected chi connectivity index (χ4v) is 2.76. The Hall–Kier alpha value is -3.61. The van der Waals surface area contributed by atoms with Gasteiger partial charge in [-0.05, 0) is 19.1 Å². The minimum absolute atomic E-state index is 0.374. The molecule has 3 aromatic rings. The lowest BCUT2D eigenvalue weighted by Crippen LogP contribution is -2.21. The van der Waals surface area contributed by atoms with Crippen molar-refractivity contribution in [1.29, 1.82) is 0 Å². The lowest BCUT2D eigenvalue weighted by molar-refractivity contribution is -0.119. The Morgan fingerprint density at radius 3 is 2.36 bits per heavy atom. The number of fused-ring (bicyclic) bond motifs is 1. The normalized spacial score (nSPS) is 10.4. The molecule has 144 valence electrons. The second-order valence-electron chi connectivity index (χ2n) is 6.05. The van der Waals surface area contributed by atoms with E-state index in [1.54, 1.807) is 37.3 Å². The van der Waals surface area contributed by atoms with E-state index in [0.717, 1.165) is 0 Å². The third kappa shape index (κ3) is 4.37. The average molecular weight is 380 g/mol. The zero-order valence-electron chi connectivity index (χ0n) is 15.8. The van der Waals surface area contributed by atoms with Crippen LogP contribution in [0.5, 0.6) is 11.5 Å². The van der Waals surface area contributed by atoms with Crippen molar-refractivity contribution in [2.24, 2.45) is 0 Å². The van der Waals surface area contributed by atoms with E-state index in [1.807, 2.05) is 18.2 Å². The fourth-order valence-electron chi connectivity index (χ4n) is 2.76. The quantitative estimate of drug-likeness (QED) is 0.660. The third-order valence-corrected chi connectivity index (χ3v) is 4.03. The smallest absolute Gasteiger partial charge is 0.339 e. The lowest BCUT2D eigenvalue weighted by atomic mass is 10.1. The summed E-state index contributed by atoms with van der Waals surface area (Å²) in [7, 11) is 3.03. The summed E-state index contributed by atoms with van der Waals surface area (Å²) in [5, 5.41) is 3.34. The molecule has 0 unspecified atom stereocenters. The molecule has 0 saturated heterocycles. The van der Waals surface area contributed by atoms with Crippen molar-refractivity contribution in [2.45, 2.75) is 6.92 Å². The number of pyridine rings is 1. The molecule has 0 spiro atoms. The van der Waals surface area contributed by atoms with Crippen molar-refractivity contribution in [1.82, 2.24) is 4.98 Å². The van der Waals surface area contributed by atoms with Gasteiger partial charge < -0.3 is 19.5 Å². The highest BCUT2D eigenvalue weighted by Gasteiger charge is 2.15. The maximum absolute atomic E-state index is 12.5. The first kappa shape index (κ1) is 19.2. The molecular formula is C21H20N2O5. The summed E-state index contributed by atoms with van der Waals surface area (Å²) in [6.45, 7) is 1.38. The number of hydrogen-bond donors (Lipinski definition) is 1. The van der Waals surface area contributed by atoms with Gasteiger partial charge >= 0.3 is 5.97 Å². The van der Waals surface area contributed by atoms with Crippen LogP contribution in [-0.4, -0.2) is 37.7 Å². The van der Waals surface area contributed by atoms with Gasteiger partial charge in [0.15, 0.2) is 6.61 Å². The van der Waals surface area contributed by atoms with Crippen LogP contribution in [0.15, 0.2) is 48.5 Å². The predicted octanol–water partition coefficient (Wildman–Crippen LogP) is 3.36. The molecule has 0 bridgehead atoms. The summed E-state index contributed by atoms with van der Waals surface area (Å²) < 4.78 is 15.5. The van der Waals surface area contributed by atoms with Gasteiger partial charge in [-0.25, -0.2) is 4.79 Å². The SMILES string of the molecule is COc1cc(NC(=O)COC(=O)c2cc(C)nc3ccccc23)cc(OC)c1. The minimum Gasteiger partial charge on any atom is -0.497 e. The fraction of sp³-hybridized carbons (Fsp3) is 0.190. The Kier molecular flexibility index (Phi) is 5.74. The summed E-state index contributed by atoms with van der Waals surface area (Å²) in [6, 6.07) is 13.9. The number of amides is 1. The molecule has 1 heterocycles. The van der Waals surface area contributed by atoms with Gasteiger partial charge in [0.05, 0.1) is 25.3 Å². The van der Waals surface area contributed by atoms with Crippen LogP contribution in [0.25, 0.3) is 10.9 Å². The zero-order valence-corrected chi connectivity index (χ0v) is 15.8. The summed E-state index contributed by atoms with van der Waals surface area (Å²) in [5.74, 6) is 0.00885. The van der Waals surface area contributed by atoms with Gasteiger partial charge in [-0.1, -0.05) is 18.2 Å². The predicted molar refractivity (Wildman–Crippen MR) is 105 cm³/mol. The van der Waals surface area contributed by atoms with Crippen LogP contribution in [0.4, 0.5) is 5.69 Å². The van der Waals surface area contributed by atoms with Gasteiger partial charge in [-0.3, -0.25) is 9.78 Å². The number of para-hydroxylation sites is 1. The second kappa shape index (κ2) is 8.39. The van der Waals surface area contributed by atoms with Crippen LogP contribution in [0.3, 0.4) is 0 Å². The number of anilines is 1. The van der Waals surface area contributed by atoms with Crippen molar-refractivity contribution < 1.29 is 23.8 Å². The van der Waals surface area contributed by atoms with Crippen molar-refractivity contribution in [3.63, 3.8) is 0 Å². The third-order valence-electron chi connectivity index (χ3n) is 4.03. The number of ether oxygens (including phenoxy) is 3. The van der Waals surface area contributed by atoms with Gasteiger partial charge in [0.25, 0.3) is 5.91 Å². The molecule has 1 aromatic heterocycles. The Morgan fingerprint density at radius 2 is 1.68 bits per heavy atom. The number of hydrogen-bond acceptors (Lipinski definition) is 6. The molecular weight excluding hydrogens is 360 g/mol. The largest absolute Gasteiger partial charge is 0.497 e. The van der Waals surface area contributed by atoms with Gasteiger partial charge in [0.1, 0.15) is 11.5 Å². The Bertz CT molecular complexity index is 1010. The maximum Gasteiger partial charge on any atom is 0.339 e. The molecule has 7 nitrogen and oxygen atoms in total. The van der Waals surface area contributed by atoms with E-state index < -0.39 is 18.5 Å². The second-order valence-corrected chi connectivity index (χ2v) is 6.05. The Balaban J connectivity index is 1.69. The zero-order chi connectivity index (χ0) is 20.1. The molecule has 0 aliphatic carbocycles. The number of aryl methyl sites for hydroxylation is 1.